The molecule has 1 aromatic heterocycles. The molecule has 3 nitrogen and oxygen atoms in total. The number of hydrogen-bond donors (Lipinski definition) is 1. The predicted octanol–water partition coefficient (Wildman–Crippen LogP) is 3.64. The molecule has 6 heteroatoms. The number of carbonyl (C=O) groups is 1. The van der Waals surface area contributed by atoms with Crippen molar-refractivity contribution >= 4 is 45.6 Å². The van der Waals surface area contributed by atoms with E-state index in [4.69, 9.17) is 23.2 Å². The smallest absolute Gasteiger partial charge is 0.241 e. The molecule has 0 atom stereocenters. The Morgan fingerprint density at radius 3 is 3.00 bits per heavy atom. The summed E-state index contributed by atoms with van der Waals surface area (Å²) in [5, 5.41) is 5.64. The van der Waals surface area contributed by atoms with E-state index in [1.165, 1.54) is 11.3 Å². The summed E-state index contributed by atoms with van der Waals surface area (Å²) in [6.07, 6.45) is 0. The Morgan fingerprint density at radius 2 is 2.29 bits per heavy atom. The van der Waals surface area contributed by atoms with Crippen molar-refractivity contribution in [3.63, 3.8) is 0 Å². The van der Waals surface area contributed by atoms with Gasteiger partial charge in [-0.3, -0.25) is 4.79 Å². The fraction of sp³-hybridized carbons (Fsp3) is 0.0909. The van der Waals surface area contributed by atoms with Crippen LogP contribution in [0.5, 0.6) is 0 Å². The van der Waals surface area contributed by atoms with Crippen molar-refractivity contribution in [2.45, 2.75) is 0 Å². The quantitative estimate of drug-likeness (QED) is 0.876. The average molecular weight is 287 g/mol. The number of amides is 1. The number of carbonyl (C=O) groups excluding carboxylic acids is 1. The lowest BCUT2D eigenvalue weighted by Gasteiger charge is -1.97. The van der Waals surface area contributed by atoms with E-state index in [2.05, 4.69) is 10.3 Å². The van der Waals surface area contributed by atoms with E-state index in [1.807, 2.05) is 23.6 Å². The number of aromatic nitrogens is 1. The summed E-state index contributed by atoms with van der Waals surface area (Å²) in [5.74, 6) is -0.342. The third-order valence-corrected chi connectivity index (χ3v) is 3.23. The van der Waals surface area contributed by atoms with E-state index < -0.39 is 0 Å². The second-order valence-corrected chi connectivity index (χ2v) is 4.79. The Morgan fingerprint density at radius 1 is 1.47 bits per heavy atom. The second-order valence-electron chi connectivity index (χ2n) is 3.23. The summed E-state index contributed by atoms with van der Waals surface area (Å²) in [6.45, 7) is 0. The van der Waals surface area contributed by atoms with Crippen LogP contribution in [0.2, 0.25) is 5.02 Å². The fourth-order valence-electron chi connectivity index (χ4n) is 1.26. The van der Waals surface area contributed by atoms with Crippen molar-refractivity contribution in [2.75, 3.05) is 11.2 Å². The van der Waals surface area contributed by atoms with Gasteiger partial charge in [-0.25, -0.2) is 4.98 Å². The normalized spacial score (nSPS) is 10.2. The van der Waals surface area contributed by atoms with Crippen LogP contribution in [0.15, 0.2) is 29.6 Å². The first kappa shape index (κ1) is 12.4. The summed E-state index contributed by atoms with van der Waals surface area (Å²) >= 11 is 12.6. The molecule has 1 N–H and O–H groups in total. The SMILES string of the molecule is O=C(CCl)Nc1nc(-c2cccc(Cl)c2)cs1. The van der Waals surface area contributed by atoms with Crippen LogP contribution < -0.4 is 5.32 Å². The molecule has 1 heterocycles. The third kappa shape index (κ3) is 3.19. The van der Waals surface area contributed by atoms with Crippen LogP contribution in [-0.4, -0.2) is 16.8 Å². The molecule has 0 spiro atoms. The third-order valence-electron chi connectivity index (χ3n) is 1.99. The van der Waals surface area contributed by atoms with Crippen molar-refractivity contribution in [3.8, 4) is 11.3 Å². The minimum absolute atomic E-state index is 0.0773. The van der Waals surface area contributed by atoms with Gasteiger partial charge in [0.2, 0.25) is 5.91 Å². The Kier molecular flexibility index (Phi) is 3.99. The van der Waals surface area contributed by atoms with Gasteiger partial charge in [-0.05, 0) is 12.1 Å². The van der Waals surface area contributed by atoms with Crippen molar-refractivity contribution in [1.82, 2.24) is 4.98 Å². The minimum Gasteiger partial charge on any atom is -0.301 e. The van der Waals surface area contributed by atoms with Crippen molar-refractivity contribution in [1.29, 1.82) is 0 Å². The summed E-state index contributed by atoms with van der Waals surface area (Å²) in [7, 11) is 0. The monoisotopic (exact) mass is 286 g/mol. The highest BCUT2D eigenvalue weighted by Gasteiger charge is 2.07. The number of nitrogens with one attached hydrogen (secondary N) is 1. The maximum Gasteiger partial charge on any atom is 0.241 e. The van der Waals surface area contributed by atoms with Gasteiger partial charge in [-0.1, -0.05) is 23.7 Å². The molecule has 2 aromatic rings. The zero-order valence-electron chi connectivity index (χ0n) is 8.61. The van der Waals surface area contributed by atoms with E-state index in [9.17, 15) is 4.79 Å². The van der Waals surface area contributed by atoms with E-state index in [0.29, 0.717) is 10.2 Å². The molecule has 17 heavy (non-hydrogen) atoms. The molecular formula is C11H8Cl2N2OS. The molecule has 0 unspecified atom stereocenters. The number of halogens is 2. The van der Waals surface area contributed by atoms with Gasteiger partial charge >= 0.3 is 0 Å². The van der Waals surface area contributed by atoms with E-state index in [0.717, 1.165) is 11.3 Å². The maximum atomic E-state index is 11.1. The lowest BCUT2D eigenvalue weighted by molar-refractivity contribution is -0.113. The molecule has 88 valence electrons. The molecule has 0 aliphatic rings. The number of anilines is 1. The highest BCUT2D eigenvalue weighted by atomic mass is 35.5. The minimum atomic E-state index is -0.265. The standard InChI is InChI=1S/C11H8Cl2N2OS/c12-5-10(16)15-11-14-9(6-17-11)7-2-1-3-8(13)4-7/h1-4,6H,5H2,(H,14,15,16). The van der Waals surface area contributed by atoms with Gasteiger partial charge in [0.05, 0.1) is 5.69 Å². The molecular weight excluding hydrogens is 279 g/mol. The van der Waals surface area contributed by atoms with Gasteiger partial charge in [0.1, 0.15) is 5.88 Å². The zero-order chi connectivity index (χ0) is 12.3. The Hall–Kier alpha value is -1.10. The largest absolute Gasteiger partial charge is 0.301 e. The topological polar surface area (TPSA) is 42.0 Å². The molecule has 0 bridgehead atoms. The Labute approximate surface area is 112 Å². The van der Waals surface area contributed by atoms with Gasteiger partial charge in [0, 0.05) is 16.0 Å². The molecule has 0 saturated heterocycles. The van der Waals surface area contributed by atoms with Crippen LogP contribution in [-0.2, 0) is 4.79 Å². The summed E-state index contributed by atoms with van der Waals surface area (Å²) in [5.41, 5.74) is 1.70. The first-order valence-electron chi connectivity index (χ1n) is 4.76. The van der Waals surface area contributed by atoms with Crippen LogP contribution in [0, 0.1) is 0 Å². The molecule has 1 amide bonds. The van der Waals surface area contributed by atoms with Gasteiger partial charge in [0.25, 0.3) is 0 Å². The molecule has 2 rings (SSSR count). The van der Waals surface area contributed by atoms with Crippen molar-refractivity contribution < 1.29 is 4.79 Å². The van der Waals surface area contributed by atoms with Gasteiger partial charge in [-0.15, -0.1) is 22.9 Å². The van der Waals surface area contributed by atoms with Crippen LogP contribution in [0.3, 0.4) is 0 Å². The van der Waals surface area contributed by atoms with E-state index in [1.54, 1.807) is 6.07 Å². The van der Waals surface area contributed by atoms with Gasteiger partial charge in [-0.2, -0.15) is 0 Å². The second kappa shape index (κ2) is 5.49. The molecule has 0 saturated carbocycles. The number of hydrogen-bond acceptors (Lipinski definition) is 3. The van der Waals surface area contributed by atoms with Crippen LogP contribution in [0.1, 0.15) is 0 Å². The average Bonchev–Trinajstić information content (AvgIpc) is 2.77. The van der Waals surface area contributed by atoms with Gasteiger partial charge in [0.15, 0.2) is 5.13 Å². The van der Waals surface area contributed by atoms with E-state index in [-0.39, 0.29) is 11.8 Å². The number of nitrogens with zero attached hydrogens (tertiary/aromatic N) is 1. The van der Waals surface area contributed by atoms with Crippen LogP contribution >= 0.6 is 34.5 Å². The first-order valence-corrected chi connectivity index (χ1v) is 6.55. The first-order chi connectivity index (χ1) is 8.19. The highest BCUT2D eigenvalue weighted by molar-refractivity contribution is 7.14. The van der Waals surface area contributed by atoms with E-state index >= 15 is 0 Å². The summed E-state index contributed by atoms with van der Waals surface area (Å²) < 4.78 is 0. The van der Waals surface area contributed by atoms with Crippen LogP contribution in [0.25, 0.3) is 11.3 Å². The number of rotatable bonds is 3. The molecule has 1 aromatic carbocycles. The molecule has 0 aliphatic heterocycles. The van der Waals surface area contributed by atoms with Gasteiger partial charge < -0.3 is 5.32 Å². The summed E-state index contributed by atoms with van der Waals surface area (Å²) in [4.78, 5) is 15.4. The number of alkyl halides is 1. The summed E-state index contributed by atoms with van der Waals surface area (Å²) in [6, 6.07) is 7.39. The lowest BCUT2D eigenvalue weighted by atomic mass is 10.2. The lowest BCUT2D eigenvalue weighted by Crippen LogP contribution is -2.12. The number of thiazole rings is 1. The highest BCUT2D eigenvalue weighted by Crippen LogP contribution is 2.26. The van der Waals surface area contributed by atoms with Crippen LogP contribution in [0.4, 0.5) is 5.13 Å². The molecule has 0 fully saturated rings. The molecule has 0 radical (unpaired) electrons. The Bertz CT molecular complexity index is 542. The maximum absolute atomic E-state index is 11.1. The molecule has 0 aliphatic carbocycles. The number of benzene rings is 1. The Balaban J connectivity index is 2.21. The van der Waals surface area contributed by atoms with Crippen molar-refractivity contribution in [2.24, 2.45) is 0 Å². The zero-order valence-corrected chi connectivity index (χ0v) is 10.9. The fourth-order valence-corrected chi connectivity index (χ4v) is 2.26. The predicted molar refractivity (Wildman–Crippen MR) is 71.9 cm³/mol. The van der Waals surface area contributed by atoms with Crippen molar-refractivity contribution in [3.05, 3.63) is 34.7 Å².